The molecule has 110 valence electrons. The van der Waals surface area contributed by atoms with Gasteiger partial charge in [-0.3, -0.25) is 4.79 Å². The summed E-state index contributed by atoms with van der Waals surface area (Å²) in [5, 5.41) is 9.88. The summed E-state index contributed by atoms with van der Waals surface area (Å²) in [6, 6.07) is 0. The molecule has 1 fully saturated rings. The van der Waals surface area contributed by atoms with Crippen LogP contribution in [-0.2, 0) is 9.53 Å². The maximum absolute atomic E-state index is 11.6. The van der Waals surface area contributed by atoms with Crippen LogP contribution in [0.5, 0.6) is 0 Å². The zero-order valence-electron chi connectivity index (χ0n) is 11.8. The van der Waals surface area contributed by atoms with Gasteiger partial charge in [-0.1, -0.05) is 6.92 Å². The van der Waals surface area contributed by atoms with Crippen molar-refractivity contribution < 1.29 is 19.4 Å². The second-order valence-electron chi connectivity index (χ2n) is 5.17. The Morgan fingerprint density at radius 2 is 2.15 bits per heavy atom. The fourth-order valence-electron chi connectivity index (χ4n) is 2.49. The molecule has 7 heteroatoms. The first-order valence-electron chi connectivity index (χ1n) is 6.45. The molecule has 1 aliphatic rings. The van der Waals surface area contributed by atoms with Gasteiger partial charge in [0.2, 0.25) is 0 Å². The molecular formula is C13H18N2O4S. The Morgan fingerprint density at radius 3 is 2.75 bits per heavy atom. The van der Waals surface area contributed by atoms with Crippen molar-refractivity contribution in [3.8, 4) is 0 Å². The summed E-state index contributed by atoms with van der Waals surface area (Å²) < 4.78 is 4.69. The van der Waals surface area contributed by atoms with E-state index in [-0.39, 0.29) is 11.8 Å². The smallest absolute Gasteiger partial charge is 0.357 e. The summed E-state index contributed by atoms with van der Waals surface area (Å²) >= 11 is 1.40. The molecule has 0 aliphatic carbocycles. The number of ether oxygens (including phenoxy) is 1. The summed E-state index contributed by atoms with van der Waals surface area (Å²) in [5.41, 5.74) is 0.317. The zero-order chi connectivity index (χ0) is 14.9. The Labute approximate surface area is 121 Å². The molecule has 0 spiro atoms. The number of nitrogens with zero attached hydrogens (tertiary/aromatic N) is 2. The molecule has 2 heterocycles. The third-order valence-electron chi connectivity index (χ3n) is 3.44. The lowest BCUT2D eigenvalue weighted by molar-refractivity contribution is -0.142. The number of rotatable bonds is 3. The van der Waals surface area contributed by atoms with Gasteiger partial charge in [0.1, 0.15) is 0 Å². The number of thiazole rings is 1. The number of esters is 1. The standard InChI is InChI=1S/C13H18N2O4S/c1-7-4-9(11(16)17)6-15(5-7)13-14-10(8(2)20-13)12(18)19-3/h7,9H,4-6H2,1-3H3,(H,16,17). The van der Waals surface area contributed by atoms with E-state index < -0.39 is 11.9 Å². The lowest BCUT2D eigenvalue weighted by atomic mass is 9.91. The van der Waals surface area contributed by atoms with Crippen molar-refractivity contribution >= 4 is 28.4 Å². The van der Waals surface area contributed by atoms with E-state index in [0.717, 1.165) is 11.4 Å². The minimum absolute atomic E-state index is 0.288. The fourth-order valence-corrected chi connectivity index (χ4v) is 3.41. The van der Waals surface area contributed by atoms with Crippen LogP contribution in [0.15, 0.2) is 0 Å². The number of aliphatic carboxylic acids is 1. The molecule has 1 aliphatic heterocycles. The van der Waals surface area contributed by atoms with Crippen molar-refractivity contribution in [2.45, 2.75) is 20.3 Å². The van der Waals surface area contributed by atoms with Crippen LogP contribution in [0.4, 0.5) is 5.13 Å². The van der Waals surface area contributed by atoms with Crippen molar-refractivity contribution in [1.82, 2.24) is 4.98 Å². The average Bonchev–Trinajstić information content (AvgIpc) is 2.79. The van der Waals surface area contributed by atoms with Crippen LogP contribution in [0.2, 0.25) is 0 Å². The maximum atomic E-state index is 11.6. The summed E-state index contributed by atoms with van der Waals surface area (Å²) in [7, 11) is 1.32. The van der Waals surface area contributed by atoms with E-state index in [1.165, 1.54) is 18.4 Å². The Kier molecular flexibility index (Phi) is 4.27. The molecule has 1 aromatic rings. The van der Waals surface area contributed by atoms with Gasteiger partial charge in [0.15, 0.2) is 10.8 Å². The maximum Gasteiger partial charge on any atom is 0.357 e. The minimum atomic E-state index is -0.775. The lowest BCUT2D eigenvalue weighted by Gasteiger charge is -2.34. The largest absolute Gasteiger partial charge is 0.481 e. The quantitative estimate of drug-likeness (QED) is 0.857. The molecule has 1 aromatic heterocycles. The van der Waals surface area contributed by atoms with Gasteiger partial charge >= 0.3 is 11.9 Å². The second kappa shape index (κ2) is 5.78. The van der Waals surface area contributed by atoms with Gasteiger partial charge < -0.3 is 14.7 Å². The van der Waals surface area contributed by atoms with Gasteiger partial charge in [-0.2, -0.15) is 0 Å². The summed E-state index contributed by atoms with van der Waals surface area (Å²) in [6.45, 7) is 5.05. The number of piperidine rings is 1. The number of anilines is 1. The third-order valence-corrected chi connectivity index (χ3v) is 4.48. The molecule has 0 saturated carbocycles. The molecular weight excluding hydrogens is 280 g/mol. The van der Waals surface area contributed by atoms with E-state index in [9.17, 15) is 14.7 Å². The van der Waals surface area contributed by atoms with Crippen molar-refractivity contribution in [3.05, 3.63) is 10.6 Å². The number of carboxylic acids is 1. The van der Waals surface area contributed by atoms with Crippen LogP contribution in [0, 0.1) is 18.8 Å². The van der Waals surface area contributed by atoms with E-state index in [1.54, 1.807) is 0 Å². The predicted molar refractivity (Wildman–Crippen MR) is 75.3 cm³/mol. The van der Waals surface area contributed by atoms with Crippen molar-refractivity contribution in [1.29, 1.82) is 0 Å². The Bertz CT molecular complexity index is 528. The van der Waals surface area contributed by atoms with Gasteiger partial charge in [0, 0.05) is 18.0 Å². The number of hydrogen-bond acceptors (Lipinski definition) is 6. The minimum Gasteiger partial charge on any atom is -0.481 e. The Morgan fingerprint density at radius 1 is 1.45 bits per heavy atom. The highest BCUT2D eigenvalue weighted by Gasteiger charge is 2.31. The second-order valence-corrected chi connectivity index (χ2v) is 6.36. The molecule has 0 aromatic carbocycles. The summed E-state index contributed by atoms with van der Waals surface area (Å²) in [5.74, 6) is -1.33. The molecule has 2 atom stereocenters. The van der Waals surface area contributed by atoms with Crippen molar-refractivity contribution in [3.63, 3.8) is 0 Å². The molecule has 0 bridgehead atoms. The SMILES string of the molecule is COC(=O)c1nc(N2CC(C)CC(C(=O)O)C2)sc1C. The number of carbonyl (C=O) groups excluding carboxylic acids is 1. The Balaban J connectivity index is 2.22. The van der Waals surface area contributed by atoms with E-state index >= 15 is 0 Å². The first-order valence-corrected chi connectivity index (χ1v) is 7.27. The van der Waals surface area contributed by atoms with Gasteiger partial charge in [-0.15, -0.1) is 11.3 Å². The number of hydrogen-bond donors (Lipinski definition) is 1. The van der Waals surface area contributed by atoms with Gasteiger partial charge in [0.25, 0.3) is 0 Å². The number of carboxylic acid groups (broad SMARTS) is 1. The van der Waals surface area contributed by atoms with Gasteiger partial charge in [-0.05, 0) is 19.3 Å². The van der Waals surface area contributed by atoms with Crippen molar-refractivity contribution in [2.75, 3.05) is 25.1 Å². The predicted octanol–water partition coefficient (Wildman–Crippen LogP) is 1.79. The van der Waals surface area contributed by atoms with Gasteiger partial charge in [0.05, 0.1) is 13.0 Å². The topological polar surface area (TPSA) is 79.7 Å². The third kappa shape index (κ3) is 2.92. The van der Waals surface area contributed by atoms with Crippen LogP contribution in [0.25, 0.3) is 0 Å². The van der Waals surface area contributed by atoms with E-state index in [1.807, 2.05) is 18.7 Å². The highest BCUT2D eigenvalue weighted by molar-refractivity contribution is 7.15. The highest BCUT2D eigenvalue weighted by atomic mass is 32.1. The normalized spacial score (nSPS) is 22.6. The van der Waals surface area contributed by atoms with Crippen LogP contribution in [-0.4, -0.2) is 42.2 Å². The van der Waals surface area contributed by atoms with Crippen LogP contribution < -0.4 is 4.90 Å². The molecule has 0 amide bonds. The molecule has 0 radical (unpaired) electrons. The first kappa shape index (κ1) is 14.8. The lowest BCUT2D eigenvalue weighted by Crippen LogP contribution is -2.42. The van der Waals surface area contributed by atoms with Crippen LogP contribution >= 0.6 is 11.3 Å². The first-order chi connectivity index (χ1) is 9.42. The van der Waals surface area contributed by atoms with Gasteiger partial charge in [-0.25, -0.2) is 9.78 Å². The van der Waals surface area contributed by atoms with E-state index in [0.29, 0.717) is 23.8 Å². The average molecular weight is 298 g/mol. The molecule has 2 unspecified atom stereocenters. The Hall–Kier alpha value is -1.63. The highest BCUT2D eigenvalue weighted by Crippen LogP contribution is 2.31. The van der Waals surface area contributed by atoms with Crippen LogP contribution in [0.3, 0.4) is 0 Å². The fraction of sp³-hybridized carbons (Fsp3) is 0.615. The molecule has 1 N–H and O–H groups in total. The zero-order valence-corrected chi connectivity index (χ0v) is 12.6. The number of methoxy groups -OCH3 is 1. The molecule has 6 nitrogen and oxygen atoms in total. The molecule has 2 rings (SSSR count). The van der Waals surface area contributed by atoms with E-state index in [4.69, 9.17) is 4.74 Å². The molecule has 1 saturated heterocycles. The number of aromatic nitrogens is 1. The van der Waals surface area contributed by atoms with E-state index in [2.05, 4.69) is 4.98 Å². The molecule has 20 heavy (non-hydrogen) atoms. The summed E-state index contributed by atoms with van der Waals surface area (Å²) in [4.78, 5) is 29.8. The van der Waals surface area contributed by atoms with Crippen molar-refractivity contribution in [2.24, 2.45) is 11.8 Å². The van der Waals surface area contributed by atoms with Crippen LogP contribution in [0.1, 0.15) is 28.7 Å². The number of aryl methyl sites for hydroxylation is 1. The number of carbonyl (C=O) groups is 2. The monoisotopic (exact) mass is 298 g/mol. The summed E-state index contributed by atoms with van der Waals surface area (Å²) in [6.07, 6.45) is 0.681.